The van der Waals surface area contributed by atoms with Gasteiger partial charge in [-0.15, -0.1) is 22.7 Å². The first kappa shape index (κ1) is 14.4. The first-order chi connectivity index (χ1) is 10.5. The van der Waals surface area contributed by atoms with Gasteiger partial charge in [0.15, 0.2) is 0 Å². The lowest BCUT2D eigenvalue weighted by atomic mass is 10.1. The third-order valence-electron chi connectivity index (χ3n) is 2.96. The number of fused-ring (bicyclic) bond motifs is 2. The van der Waals surface area contributed by atoms with Gasteiger partial charge in [-0.05, 0) is 22.9 Å². The number of rotatable bonds is 0. The minimum atomic E-state index is -0.391. The molecule has 1 aliphatic rings. The van der Waals surface area contributed by atoms with Crippen molar-refractivity contribution in [2.24, 2.45) is 10.7 Å². The van der Waals surface area contributed by atoms with Crippen molar-refractivity contribution in [2.45, 2.75) is 6.42 Å². The van der Waals surface area contributed by atoms with Crippen molar-refractivity contribution >= 4 is 50.5 Å². The number of nitrogens with two attached hydrogens (primary N) is 2. The Balaban J connectivity index is 0.000000131. The van der Waals surface area contributed by atoms with Crippen molar-refractivity contribution in [1.29, 1.82) is 0 Å². The number of aliphatic imine (C=N–C) groups is 1. The molecule has 1 aliphatic heterocycles. The smallest absolute Gasteiger partial charge is 0.347 e. The van der Waals surface area contributed by atoms with Gasteiger partial charge in [0.2, 0.25) is 0 Å². The van der Waals surface area contributed by atoms with Crippen LogP contribution < -0.4 is 17.2 Å². The van der Waals surface area contributed by atoms with Crippen LogP contribution in [0.5, 0.6) is 0 Å². The molecular weight excluding hydrogens is 322 g/mol. The van der Waals surface area contributed by atoms with Crippen LogP contribution in [-0.4, -0.2) is 21.7 Å². The molecule has 0 radical (unpaired) electrons. The van der Waals surface area contributed by atoms with Crippen LogP contribution in [0.4, 0.5) is 5.82 Å². The number of amidine groups is 1. The van der Waals surface area contributed by atoms with Crippen molar-refractivity contribution in [2.75, 3.05) is 5.73 Å². The minimum Gasteiger partial charge on any atom is -0.385 e. The van der Waals surface area contributed by atoms with E-state index in [-0.39, 0.29) is 5.91 Å². The van der Waals surface area contributed by atoms with Gasteiger partial charge in [0.05, 0.1) is 11.8 Å². The molecule has 1 amide bonds. The molecule has 0 saturated carbocycles. The summed E-state index contributed by atoms with van der Waals surface area (Å²) in [5.41, 5.74) is 11.6. The van der Waals surface area contributed by atoms with Gasteiger partial charge in [-0.3, -0.25) is 9.78 Å². The molecule has 0 spiro atoms. The second kappa shape index (κ2) is 5.70. The molecule has 22 heavy (non-hydrogen) atoms. The van der Waals surface area contributed by atoms with E-state index >= 15 is 0 Å². The molecule has 9 heteroatoms. The molecule has 0 fully saturated rings. The molecule has 5 N–H and O–H groups in total. The minimum absolute atomic E-state index is 0.141. The highest BCUT2D eigenvalue weighted by atomic mass is 32.1. The monoisotopic (exact) mass is 333 g/mol. The van der Waals surface area contributed by atoms with Crippen molar-refractivity contribution in [3.05, 3.63) is 43.8 Å². The van der Waals surface area contributed by atoms with Crippen LogP contribution in [0.3, 0.4) is 0 Å². The molecule has 4 rings (SSSR count). The first-order valence-electron chi connectivity index (χ1n) is 6.21. The highest BCUT2D eigenvalue weighted by Gasteiger charge is 2.17. The van der Waals surface area contributed by atoms with Gasteiger partial charge in [0, 0.05) is 10.4 Å². The summed E-state index contributed by atoms with van der Waals surface area (Å²) in [4.78, 5) is 33.2. The Hall–Kier alpha value is -2.52. The summed E-state index contributed by atoms with van der Waals surface area (Å²) >= 11 is 2.96. The fourth-order valence-electron chi connectivity index (χ4n) is 1.97. The number of carbonyl (C=O) groups is 1. The van der Waals surface area contributed by atoms with E-state index in [4.69, 9.17) is 11.5 Å². The lowest BCUT2D eigenvalue weighted by Crippen LogP contribution is -2.21. The van der Waals surface area contributed by atoms with E-state index in [1.165, 1.54) is 11.3 Å². The van der Waals surface area contributed by atoms with Crippen molar-refractivity contribution < 1.29 is 4.79 Å². The maximum absolute atomic E-state index is 10.9. The normalized spacial score (nSPS) is 13.3. The Morgan fingerprint density at radius 2 is 1.91 bits per heavy atom. The van der Waals surface area contributed by atoms with Gasteiger partial charge in [-0.2, -0.15) is 9.98 Å². The number of aromatic amines is 1. The van der Waals surface area contributed by atoms with Gasteiger partial charge in [0.25, 0.3) is 5.91 Å². The summed E-state index contributed by atoms with van der Waals surface area (Å²) in [7, 11) is 0. The van der Waals surface area contributed by atoms with Crippen molar-refractivity contribution in [3.8, 4) is 0 Å². The average molecular weight is 333 g/mol. The summed E-state index contributed by atoms with van der Waals surface area (Å²) < 4.78 is 0. The number of hydrogen-bond donors (Lipinski definition) is 3. The van der Waals surface area contributed by atoms with E-state index in [9.17, 15) is 9.59 Å². The topological polar surface area (TPSA) is 127 Å². The van der Waals surface area contributed by atoms with Crippen LogP contribution in [-0.2, 0) is 11.2 Å². The Morgan fingerprint density at radius 3 is 2.73 bits per heavy atom. The summed E-state index contributed by atoms with van der Waals surface area (Å²) in [6.07, 6.45) is 0.410. The molecule has 0 aromatic carbocycles. The predicted molar refractivity (Wildman–Crippen MR) is 88.4 cm³/mol. The fraction of sp³-hybridized carbons (Fsp3) is 0.0769. The molecule has 3 aromatic rings. The van der Waals surface area contributed by atoms with E-state index < -0.39 is 5.69 Å². The number of anilines is 1. The Labute approximate surface area is 132 Å². The van der Waals surface area contributed by atoms with Crippen LogP contribution in [0.2, 0.25) is 0 Å². The van der Waals surface area contributed by atoms with Crippen molar-refractivity contribution in [3.63, 3.8) is 0 Å². The van der Waals surface area contributed by atoms with Gasteiger partial charge < -0.3 is 11.5 Å². The number of carbonyl (C=O) groups excluding carboxylic acids is 1. The third kappa shape index (κ3) is 2.76. The van der Waals surface area contributed by atoms with Crippen LogP contribution >= 0.6 is 22.7 Å². The van der Waals surface area contributed by atoms with Crippen LogP contribution in [0.15, 0.2) is 32.7 Å². The van der Waals surface area contributed by atoms with E-state index in [1.54, 1.807) is 11.3 Å². The van der Waals surface area contributed by atoms with E-state index in [2.05, 4.69) is 15.0 Å². The molecule has 112 valence electrons. The van der Waals surface area contributed by atoms with Gasteiger partial charge in [0.1, 0.15) is 16.5 Å². The molecule has 3 aromatic heterocycles. The second-order valence-electron chi connectivity index (χ2n) is 4.42. The maximum Gasteiger partial charge on any atom is 0.347 e. The summed E-state index contributed by atoms with van der Waals surface area (Å²) in [5.74, 6) is 0.608. The number of amides is 1. The SMILES string of the molecule is NC1=NC(=O)Cc2sccc21.Nc1[nH]c(=O)nc2sccc12. The number of nitrogen functional groups attached to an aromatic ring is 1. The van der Waals surface area contributed by atoms with E-state index in [0.29, 0.717) is 22.9 Å². The molecule has 0 unspecified atom stereocenters. The Bertz CT molecular complexity index is 937. The third-order valence-corrected chi connectivity index (χ3v) is 4.69. The molecule has 0 bridgehead atoms. The van der Waals surface area contributed by atoms with Gasteiger partial charge >= 0.3 is 5.69 Å². The Morgan fingerprint density at radius 1 is 1.14 bits per heavy atom. The largest absolute Gasteiger partial charge is 0.385 e. The zero-order valence-corrected chi connectivity index (χ0v) is 12.8. The molecule has 0 saturated heterocycles. The number of hydrogen-bond acceptors (Lipinski definition) is 7. The zero-order chi connectivity index (χ0) is 15.7. The van der Waals surface area contributed by atoms with E-state index in [0.717, 1.165) is 15.8 Å². The second-order valence-corrected chi connectivity index (χ2v) is 6.32. The summed E-state index contributed by atoms with van der Waals surface area (Å²) in [6.45, 7) is 0. The highest BCUT2D eigenvalue weighted by molar-refractivity contribution is 7.16. The lowest BCUT2D eigenvalue weighted by Gasteiger charge is -2.06. The number of H-pyrrole nitrogens is 1. The summed E-state index contributed by atoms with van der Waals surface area (Å²) in [5, 5.41) is 4.59. The first-order valence-corrected chi connectivity index (χ1v) is 7.97. The van der Waals surface area contributed by atoms with Crippen LogP contribution in [0.25, 0.3) is 10.2 Å². The highest BCUT2D eigenvalue weighted by Crippen LogP contribution is 2.21. The number of thiophene rings is 2. The number of nitrogens with zero attached hydrogens (tertiary/aromatic N) is 2. The molecule has 4 heterocycles. The quantitative estimate of drug-likeness (QED) is 0.568. The summed E-state index contributed by atoms with van der Waals surface area (Å²) in [6, 6.07) is 3.73. The zero-order valence-electron chi connectivity index (χ0n) is 11.2. The molecular formula is C13H11N5O2S2. The van der Waals surface area contributed by atoms with Gasteiger partial charge in [-0.1, -0.05) is 0 Å². The standard InChI is InChI=1S/C7H6N2OS.C6H5N3OS/c8-7-4-1-2-11-5(4)3-6(10)9-7;7-4-3-1-2-11-5(3)9-6(10)8-4/h1-2H,3H2,(H2,8,9,10);1-2H,(H3,7,8,9,10). The number of aromatic nitrogens is 2. The molecule has 0 aliphatic carbocycles. The Kier molecular flexibility index (Phi) is 3.73. The average Bonchev–Trinajstić information content (AvgIpc) is 3.07. The van der Waals surface area contributed by atoms with Crippen LogP contribution in [0.1, 0.15) is 10.4 Å². The molecule has 7 nitrogen and oxygen atoms in total. The maximum atomic E-state index is 10.9. The molecule has 0 atom stereocenters. The predicted octanol–water partition coefficient (Wildman–Crippen LogP) is 1.10. The van der Waals surface area contributed by atoms with Crippen molar-refractivity contribution in [1.82, 2.24) is 9.97 Å². The van der Waals surface area contributed by atoms with E-state index in [1.807, 2.05) is 22.9 Å². The van der Waals surface area contributed by atoms with Crippen LogP contribution in [0, 0.1) is 0 Å². The number of nitrogens with one attached hydrogen (secondary N) is 1. The lowest BCUT2D eigenvalue weighted by molar-refractivity contribution is -0.117. The van der Waals surface area contributed by atoms with Gasteiger partial charge in [-0.25, -0.2) is 4.79 Å². The fourth-order valence-corrected chi connectivity index (χ4v) is 3.62.